The van der Waals surface area contributed by atoms with Crippen LogP contribution in [0.1, 0.15) is 23.4 Å². The average Bonchev–Trinajstić information content (AvgIpc) is 3.57. The molecule has 0 bridgehead atoms. The quantitative estimate of drug-likeness (QED) is 0.415. The predicted octanol–water partition coefficient (Wildman–Crippen LogP) is 3.06. The van der Waals surface area contributed by atoms with E-state index in [0.717, 1.165) is 23.4 Å². The van der Waals surface area contributed by atoms with Crippen LogP contribution in [0, 0.1) is 11.3 Å². The SMILES string of the molecule is COCc1cccc(Cn2cc(-c3cc(-c4cccc(C#N)c4)nc(N[C@@H]4CCOC4)n3)nn2)n1. The molecule has 1 atom stereocenters. The maximum Gasteiger partial charge on any atom is 0.224 e. The molecule has 10 heteroatoms. The minimum Gasteiger partial charge on any atom is -0.379 e. The molecule has 0 aliphatic carbocycles. The van der Waals surface area contributed by atoms with Crippen LogP contribution in [0.15, 0.2) is 54.7 Å². The third-order valence-electron chi connectivity index (χ3n) is 5.56. The fraction of sp³-hybridized carbons (Fsp3) is 0.280. The zero-order valence-electron chi connectivity index (χ0n) is 19.3. The molecule has 1 N–H and O–H groups in total. The number of anilines is 1. The van der Waals surface area contributed by atoms with Gasteiger partial charge in [0.25, 0.3) is 0 Å². The highest BCUT2D eigenvalue weighted by atomic mass is 16.5. The van der Waals surface area contributed by atoms with Crippen LogP contribution >= 0.6 is 0 Å². The van der Waals surface area contributed by atoms with E-state index in [-0.39, 0.29) is 6.04 Å². The molecule has 4 aromatic rings. The number of ether oxygens (including phenoxy) is 2. The second kappa shape index (κ2) is 10.4. The summed E-state index contributed by atoms with van der Waals surface area (Å²) >= 11 is 0. The Labute approximate surface area is 202 Å². The van der Waals surface area contributed by atoms with E-state index in [0.29, 0.717) is 55.0 Å². The van der Waals surface area contributed by atoms with Gasteiger partial charge in [0.05, 0.1) is 66.4 Å². The van der Waals surface area contributed by atoms with E-state index in [1.54, 1.807) is 17.9 Å². The summed E-state index contributed by atoms with van der Waals surface area (Å²) in [5, 5.41) is 21.3. The van der Waals surface area contributed by atoms with Crippen molar-refractivity contribution in [3.05, 3.63) is 71.7 Å². The van der Waals surface area contributed by atoms with Crippen LogP contribution in [0.5, 0.6) is 0 Å². The number of nitriles is 1. The van der Waals surface area contributed by atoms with Crippen LogP contribution in [-0.2, 0) is 22.6 Å². The van der Waals surface area contributed by atoms with Crippen molar-refractivity contribution < 1.29 is 9.47 Å². The van der Waals surface area contributed by atoms with Crippen LogP contribution in [-0.4, -0.2) is 56.3 Å². The molecule has 4 heterocycles. The summed E-state index contributed by atoms with van der Waals surface area (Å²) in [6, 6.07) is 17.3. The van der Waals surface area contributed by atoms with Gasteiger partial charge in [0.15, 0.2) is 0 Å². The molecule has 0 unspecified atom stereocenters. The first-order chi connectivity index (χ1) is 17.2. The topological polar surface area (TPSA) is 124 Å². The molecule has 10 nitrogen and oxygen atoms in total. The molecule has 0 saturated carbocycles. The lowest BCUT2D eigenvalue weighted by molar-refractivity contribution is 0.181. The molecule has 1 aliphatic rings. The Morgan fingerprint density at radius 3 is 2.77 bits per heavy atom. The third kappa shape index (κ3) is 5.48. The average molecular weight is 469 g/mol. The summed E-state index contributed by atoms with van der Waals surface area (Å²) in [5.41, 5.74) is 5.04. The van der Waals surface area contributed by atoms with Crippen LogP contribution in [0.4, 0.5) is 5.95 Å². The van der Waals surface area contributed by atoms with Crippen LogP contribution in [0.25, 0.3) is 22.6 Å². The smallest absolute Gasteiger partial charge is 0.224 e. The van der Waals surface area contributed by atoms with Crippen molar-refractivity contribution in [1.82, 2.24) is 29.9 Å². The summed E-state index contributed by atoms with van der Waals surface area (Å²) in [7, 11) is 1.65. The maximum absolute atomic E-state index is 9.31. The number of methoxy groups -OCH3 is 1. The third-order valence-corrected chi connectivity index (χ3v) is 5.56. The summed E-state index contributed by atoms with van der Waals surface area (Å²) in [6.45, 7) is 2.24. The molecule has 5 rings (SSSR count). The molecule has 1 aliphatic heterocycles. The van der Waals surface area contributed by atoms with Gasteiger partial charge in [-0.1, -0.05) is 23.4 Å². The van der Waals surface area contributed by atoms with Crippen molar-refractivity contribution in [2.45, 2.75) is 25.6 Å². The number of benzene rings is 1. The number of aromatic nitrogens is 6. The number of nitrogens with zero attached hydrogens (tertiary/aromatic N) is 7. The molecular formula is C25H24N8O2. The Morgan fingerprint density at radius 1 is 1.09 bits per heavy atom. The molecule has 0 amide bonds. The van der Waals surface area contributed by atoms with E-state index in [1.165, 1.54) is 0 Å². The van der Waals surface area contributed by atoms with Crippen LogP contribution in [0.2, 0.25) is 0 Å². The van der Waals surface area contributed by atoms with Crippen molar-refractivity contribution in [2.75, 3.05) is 25.6 Å². The standard InChI is InChI=1S/C25H24N8O2/c1-34-15-20-7-3-6-19(27-20)13-33-14-24(31-32-33)23-11-22(18-5-2-4-17(10-18)12-26)29-25(30-23)28-21-8-9-35-16-21/h2-7,10-11,14,21H,8-9,13,15-16H2,1H3,(H,28,29,30)/t21-/m1/s1. The molecule has 0 radical (unpaired) electrons. The largest absolute Gasteiger partial charge is 0.379 e. The first-order valence-corrected chi connectivity index (χ1v) is 11.3. The summed E-state index contributed by atoms with van der Waals surface area (Å²) in [4.78, 5) is 14.0. The summed E-state index contributed by atoms with van der Waals surface area (Å²) in [5.74, 6) is 0.485. The Hall–Kier alpha value is -4.20. The second-order valence-corrected chi connectivity index (χ2v) is 8.21. The molecule has 3 aromatic heterocycles. The zero-order chi connectivity index (χ0) is 24.0. The highest BCUT2D eigenvalue weighted by Crippen LogP contribution is 2.25. The van der Waals surface area contributed by atoms with Gasteiger partial charge in [-0.3, -0.25) is 4.98 Å². The van der Waals surface area contributed by atoms with E-state index < -0.39 is 0 Å². The lowest BCUT2D eigenvalue weighted by atomic mass is 10.1. The number of rotatable bonds is 8. The molecule has 1 fully saturated rings. The van der Waals surface area contributed by atoms with Gasteiger partial charge < -0.3 is 14.8 Å². The summed E-state index contributed by atoms with van der Waals surface area (Å²) < 4.78 is 12.4. The molecule has 0 spiro atoms. The van der Waals surface area contributed by atoms with Gasteiger partial charge in [0, 0.05) is 19.3 Å². The normalized spacial score (nSPS) is 15.1. The Morgan fingerprint density at radius 2 is 1.94 bits per heavy atom. The van der Waals surface area contributed by atoms with E-state index >= 15 is 0 Å². The Balaban J connectivity index is 1.46. The van der Waals surface area contributed by atoms with Crippen molar-refractivity contribution in [3.63, 3.8) is 0 Å². The van der Waals surface area contributed by atoms with Gasteiger partial charge >= 0.3 is 0 Å². The lowest BCUT2D eigenvalue weighted by Gasteiger charge is -2.13. The van der Waals surface area contributed by atoms with Crippen molar-refractivity contribution >= 4 is 5.95 Å². The maximum atomic E-state index is 9.31. The van der Waals surface area contributed by atoms with Crippen LogP contribution in [0.3, 0.4) is 0 Å². The lowest BCUT2D eigenvalue weighted by Crippen LogP contribution is -2.20. The summed E-state index contributed by atoms with van der Waals surface area (Å²) in [6.07, 6.45) is 2.73. The molecular weight excluding hydrogens is 444 g/mol. The van der Waals surface area contributed by atoms with Gasteiger partial charge in [-0.25, -0.2) is 14.6 Å². The van der Waals surface area contributed by atoms with Gasteiger partial charge in [-0.05, 0) is 36.8 Å². The minimum atomic E-state index is 0.143. The van der Waals surface area contributed by atoms with Crippen molar-refractivity contribution in [3.8, 4) is 28.7 Å². The van der Waals surface area contributed by atoms with Crippen molar-refractivity contribution in [2.24, 2.45) is 0 Å². The Kier molecular flexibility index (Phi) is 6.70. The first kappa shape index (κ1) is 22.6. The van der Waals surface area contributed by atoms with E-state index in [1.807, 2.05) is 48.7 Å². The molecule has 1 saturated heterocycles. The fourth-order valence-corrected chi connectivity index (χ4v) is 3.87. The Bertz CT molecular complexity index is 1360. The monoisotopic (exact) mass is 468 g/mol. The second-order valence-electron chi connectivity index (χ2n) is 8.21. The van der Waals surface area contributed by atoms with Gasteiger partial charge in [-0.2, -0.15) is 5.26 Å². The molecule has 176 valence electrons. The highest BCUT2D eigenvalue weighted by molar-refractivity contribution is 5.68. The number of nitrogens with one attached hydrogen (secondary N) is 1. The number of hydrogen-bond acceptors (Lipinski definition) is 9. The van der Waals surface area contributed by atoms with E-state index in [4.69, 9.17) is 19.4 Å². The zero-order valence-corrected chi connectivity index (χ0v) is 19.3. The van der Waals surface area contributed by atoms with Gasteiger partial charge in [-0.15, -0.1) is 5.10 Å². The predicted molar refractivity (Wildman–Crippen MR) is 128 cm³/mol. The fourth-order valence-electron chi connectivity index (χ4n) is 3.87. The van der Waals surface area contributed by atoms with Gasteiger partial charge in [0.1, 0.15) is 5.69 Å². The molecule has 35 heavy (non-hydrogen) atoms. The minimum absolute atomic E-state index is 0.143. The first-order valence-electron chi connectivity index (χ1n) is 11.3. The van der Waals surface area contributed by atoms with E-state index in [2.05, 4.69) is 26.7 Å². The number of pyridine rings is 1. The molecule has 1 aromatic carbocycles. The van der Waals surface area contributed by atoms with Gasteiger partial charge in [0.2, 0.25) is 5.95 Å². The van der Waals surface area contributed by atoms with E-state index in [9.17, 15) is 5.26 Å². The van der Waals surface area contributed by atoms with Crippen molar-refractivity contribution in [1.29, 1.82) is 5.26 Å². The highest BCUT2D eigenvalue weighted by Gasteiger charge is 2.18. The van der Waals surface area contributed by atoms with Crippen LogP contribution < -0.4 is 5.32 Å². The number of hydrogen-bond donors (Lipinski definition) is 1.